The van der Waals surface area contributed by atoms with E-state index in [1.54, 1.807) is 25.1 Å². The highest BCUT2D eigenvalue weighted by Crippen LogP contribution is 2.40. The number of benzene rings is 2. The molecule has 0 aliphatic carbocycles. The number of H-pyrrole nitrogens is 1. The summed E-state index contributed by atoms with van der Waals surface area (Å²) in [6, 6.07) is 9.22. The van der Waals surface area contributed by atoms with Crippen molar-refractivity contribution in [2.24, 2.45) is 0 Å². The summed E-state index contributed by atoms with van der Waals surface area (Å²) >= 11 is 6.61. The van der Waals surface area contributed by atoms with Crippen LogP contribution < -0.4 is 4.90 Å². The highest BCUT2D eigenvalue weighted by Gasteiger charge is 2.37. The van der Waals surface area contributed by atoms with Crippen molar-refractivity contribution < 1.29 is 22.8 Å². The van der Waals surface area contributed by atoms with Crippen LogP contribution in [0, 0.1) is 6.92 Å². The van der Waals surface area contributed by atoms with Gasteiger partial charge in [-0.3, -0.25) is 19.6 Å². The van der Waals surface area contributed by atoms with E-state index in [4.69, 9.17) is 11.6 Å². The van der Waals surface area contributed by atoms with E-state index in [0.717, 1.165) is 39.5 Å². The van der Waals surface area contributed by atoms with Gasteiger partial charge in [0.25, 0.3) is 11.1 Å². The maximum Gasteiger partial charge on any atom is 0.416 e. The zero-order valence-corrected chi connectivity index (χ0v) is 19.8. The van der Waals surface area contributed by atoms with Crippen molar-refractivity contribution in [1.29, 1.82) is 0 Å². The molecule has 7 nitrogen and oxygen atoms in total. The number of nitrogens with zero attached hydrogens (tertiary/aromatic N) is 4. The number of aromatic nitrogens is 3. The fourth-order valence-corrected chi connectivity index (χ4v) is 5.03. The number of hydrogen-bond donors (Lipinski definition) is 1. The summed E-state index contributed by atoms with van der Waals surface area (Å²) < 4.78 is 40.2. The minimum Gasteiger partial charge on any atom is -0.362 e. The molecule has 12 heteroatoms. The average Bonchev–Trinajstić information content (AvgIpc) is 3.30. The van der Waals surface area contributed by atoms with Crippen molar-refractivity contribution in [2.45, 2.75) is 32.7 Å². The van der Waals surface area contributed by atoms with Crippen LogP contribution in [0.5, 0.6) is 0 Å². The molecule has 5 rings (SSSR count). The van der Waals surface area contributed by atoms with E-state index in [0.29, 0.717) is 18.2 Å². The normalized spacial score (nSPS) is 16.8. The van der Waals surface area contributed by atoms with E-state index < -0.39 is 22.9 Å². The summed E-state index contributed by atoms with van der Waals surface area (Å²) in [5.74, 6) is 0.514. The summed E-state index contributed by atoms with van der Waals surface area (Å²) in [6.07, 6.45) is -2.86. The van der Waals surface area contributed by atoms with Gasteiger partial charge in [0.2, 0.25) is 0 Å². The quantitative estimate of drug-likeness (QED) is 0.446. The third kappa shape index (κ3) is 4.65. The van der Waals surface area contributed by atoms with E-state index >= 15 is 0 Å². The number of aromatic amines is 1. The topological polar surface area (TPSA) is 82.2 Å². The fourth-order valence-electron chi connectivity index (χ4n) is 4.02. The Bertz CT molecular complexity index is 1390. The summed E-state index contributed by atoms with van der Waals surface area (Å²) in [4.78, 5) is 32.4. The molecule has 3 aromatic rings. The molecule has 0 atom stereocenters. The summed E-state index contributed by atoms with van der Waals surface area (Å²) in [6.45, 7) is 2.26. The summed E-state index contributed by atoms with van der Waals surface area (Å²) in [7, 11) is 0. The predicted octanol–water partition coefficient (Wildman–Crippen LogP) is 5.54. The first-order valence-corrected chi connectivity index (χ1v) is 11.6. The van der Waals surface area contributed by atoms with Crippen molar-refractivity contribution in [1.82, 2.24) is 20.1 Å². The first-order valence-electron chi connectivity index (χ1n) is 10.5. The molecule has 1 aromatic heterocycles. The van der Waals surface area contributed by atoms with E-state index in [1.807, 2.05) is 11.0 Å². The standard InChI is InChI=1S/C23H17ClF3N5O2S/c1-12-28-20(30-29-12)11-32-21(33)19(35-22(32)34)7-13-2-5-18-15(6-13)10-31(18)9-14-3-4-16(24)8-17(14)23(25,26)27/h2-8H,9-11H2,1H3,(H,28,29,30). The molecule has 2 aromatic carbocycles. The van der Waals surface area contributed by atoms with Gasteiger partial charge >= 0.3 is 6.18 Å². The van der Waals surface area contributed by atoms with Crippen LogP contribution in [0.25, 0.3) is 6.08 Å². The lowest BCUT2D eigenvalue weighted by atomic mass is 9.98. The zero-order valence-electron chi connectivity index (χ0n) is 18.2. The molecule has 0 radical (unpaired) electrons. The number of carbonyl (C=O) groups is 2. The lowest BCUT2D eigenvalue weighted by molar-refractivity contribution is -0.138. The van der Waals surface area contributed by atoms with Gasteiger partial charge in [-0.15, -0.1) is 0 Å². The lowest BCUT2D eigenvalue weighted by Crippen LogP contribution is -2.32. The van der Waals surface area contributed by atoms with E-state index in [9.17, 15) is 22.8 Å². The van der Waals surface area contributed by atoms with E-state index in [1.165, 1.54) is 12.1 Å². The van der Waals surface area contributed by atoms with Crippen molar-refractivity contribution in [3.05, 3.63) is 80.2 Å². The van der Waals surface area contributed by atoms with Crippen molar-refractivity contribution in [3.8, 4) is 0 Å². The number of imide groups is 1. The number of aryl methyl sites for hydroxylation is 1. The SMILES string of the molecule is Cc1nc(CN2C(=O)SC(=Cc3ccc4c(c3)CN4Cc3ccc(Cl)cc3C(F)(F)F)C2=O)n[nH]1. The molecule has 0 bridgehead atoms. The molecule has 2 amide bonds. The van der Waals surface area contributed by atoms with Crippen LogP contribution in [-0.2, 0) is 30.6 Å². The number of halogens is 4. The van der Waals surface area contributed by atoms with Crippen LogP contribution in [0.2, 0.25) is 5.02 Å². The molecule has 2 aliphatic rings. The van der Waals surface area contributed by atoms with Gasteiger partial charge < -0.3 is 4.90 Å². The Morgan fingerprint density at radius 2 is 1.97 bits per heavy atom. The van der Waals surface area contributed by atoms with Crippen LogP contribution in [-0.4, -0.2) is 31.2 Å². The third-order valence-corrected chi connectivity index (χ3v) is 6.80. The number of anilines is 1. The smallest absolute Gasteiger partial charge is 0.362 e. The minimum atomic E-state index is -4.49. The Morgan fingerprint density at radius 1 is 1.17 bits per heavy atom. The maximum atomic E-state index is 13.4. The molecule has 1 N–H and O–H groups in total. The Morgan fingerprint density at radius 3 is 2.66 bits per heavy atom. The average molecular weight is 520 g/mol. The number of nitrogens with one attached hydrogen (secondary N) is 1. The number of amides is 2. The predicted molar refractivity (Wildman–Crippen MR) is 125 cm³/mol. The molecule has 1 saturated heterocycles. The van der Waals surface area contributed by atoms with E-state index in [-0.39, 0.29) is 28.6 Å². The third-order valence-electron chi connectivity index (χ3n) is 5.66. The van der Waals surface area contributed by atoms with Crippen LogP contribution in [0.3, 0.4) is 0 Å². The molecule has 3 heterocycles. The van der Waals surface area contributed by atoms with E-state index in [2.05, 4.69) is 15.2 Å². The van der Waals surface area contributed by atoms with Gasteiger partial charge in [-0.05, 0) is 65.7 Å². The van der Waals surface area contributed by atoms with Gasteiger partial charge in [-0.25, -0.2) is 4.98 Å². The second-order valence-corrected chi connectivity index (χ2v) is 9.58. The summed E-state index contributed by atoms with van der Waals surface area (Å²) in [5.41, 5.74) is 1.89. The van der Waals surface area contributed by atoms with Gasteiger partial charge in [0.15, 0.2) is 5.82 Å². The van der Waals surface area contributed by atoms with Crippen LogP contribution in [0.4, 0.5) is 23.7 Å². The first-order chi connectivity index (χ1) is 16.6. The number of hydrogen-bond acceptors (Lipinski definition) is 6. The van der Waals surface area contributed by atoms with Crippen molar-refractivity contribution in [2.75, 3.05) is 4.90 Å². The molecule has 35 heavy (non-hydrogen) atoms. The van der Waals surface area contributed by atoms with Gasteiger partial charge in [0.05, 0.1) is 17.0 Å². The van der Waals surface area contributed by atoms with Gasteiger partial charge in [0, 0.05) is 23.8 Å². The molecular formula is C23H17ClF3N5O2S. The fraction of sp³-hybridized carbons (Fsp3) is 0.217. The van der Waals surface area contributed by atoms with Gasteiger partial charge in [-0.1, -0.05) is 23.7 Å². The minimum absolute atomic E-state index is 0.0178. The number of fused-ring (bicyclic) bond motifs is 1. The van der Waals surface area contributed by atoms with Crippen molar-refractivity contribution in [3.63, 3.8) is 0 Å². The molecule has 2 aliphatic heterocycles. The second-order valence-electron chi connectivity index (χ2n) is 8.15. The molecule has 0 saturated carbocycles. The number of thioether (sulfide) groups is 1. The molecule has 0 unspecified atom stereocenters. The Balaban J connectivity index is 1.30. The van der Waals surface area contributed by atoms with Crippen LogP contribution in [0.1, 0.15) is 33.9 Å². The lowest BCUT2D eigenvalue weighted by Gasteiger charge is -2.37. The monoisotopic (exact) mass is 519 g/mol. The Labute approximate surface area is 207 Å². The zero-order chi connectivity index (χ0) is 24.9. The first kappa shape index (κ1) is 23.4. The molecular weight excluding hydrogens is 503 g/mol. The van der Waals surface area contributed by atoms with Gasteiger partial charge in [0.1, 0.15) is 5.82 Å². The number of alkyl halides is 3. The largest absolute Gasteiger partial charge is 0.416 e. The maximum absolute atomic E-state index is 13.4. The van der Waals surface area contributed by atoms with Crippen LogP contribution >= 0.6 is 23.4 Å². The van der Waals surface area contributed by atoms with Gasteiger partial charge in [-0.2, -0.15) is 18.3 Å². The second kappa shape index (κ2) is 8.72. The van der Waals surface area contributed by atoms with Crippen LogP contribution in [0.15, 0.2) is 41.3 Å². The Kier molecular flexibility index (Phi) is 5.84. The summed E-state index contributed by atoms with van der Waals surface area (Å²) in [5, 5.41) is 6.27. The van der Waals surface area contributed by atoms with Crippen molar-refractivity contribution >= 4 is 46.3 Å². The highest BCUT2D eigenvalue weighted by atomic mass is 35.5. The molecule has 0 spiro atoms. The molecule has 180 valence electrons. The number of carbonyl (C=O) groups excluding carboxylic acids is 2. The Hall–Kier alpha value is -3.31. The number of rotatable bonds is 5. The molecule has 1 fully saturated rings. The highest BCUT2D eigenvalue weighted by molar-refractivity contribution is 8.18.